The van der Waals surface area contributed by atoms with Gasteiger partial charge in [-0.2, -0.15) is 13.2 Å². The summed E-state index contributed by atoms with van der Waals surface area (Å²) in [7, 11) is 1.78. The summed E-state index contributed by atoms with van der Waals surface area (Å²) in [6, 6.07) is 5.63. The predicted molar refractivity (Wildman–Crippen MR) is 64.1 cm³/mol. The SMILES string of the molecule is CN(CCCCO)Cc1ccccc1C(F)(F)F. The summed E-state index contributed by atoms with van der Waals surface area (Å²) < 4.78 is 38.3. The lowest BCUT2D eigenvalue weighted by molar-refractivity contribution is -0.138. The van der Waals surface area contributed by atoms with Crippen LogP contribution in [0.25, 0.3) is 0 Å². The van der Waals surface area contributed by atoms with Gasteiger partial charge < -0.3 is 10.0 Å². The average Bonchev–Trinajstić information content (AvgIpc) is 2.28. The largest absolute Gasteiger partial charge is 0.416 e. The number of halogens is 3. The number of aliphatic hydroxyl groups excluding tert-OH is 1. The van der Waals surface area contributed by atoms with Crippen LogP contribution in [0.1, 0.15) is 24.0 Å². The first kappa shape index (κ1) is 15.0. The monoisotopic (exact) mass is 261 g/mol. The first-order valence-corrected chi connectivity index (χ1v) is 5.89. The van der Waals surface area contributed by atoms with Gasteiger partial charge in [-0.25, -0.2) is 0 Å². The third kappa shape index (κ3) is 4.66. The molecule has 1 aromatic rings. The molecule has 0 aliphatic rings. The zero-order chi connectivity index (χ0) is 13.6. The summed E-state index contributed by atoms with van der Waals surface area (Å²) in [4.78, 5) is 1.83. The van der Waals surface area contributed by atoms with Gasteiger partial charge in [-0.05, 0) is 38.1 Å². The molecule has 1 rings (SSSR count). The van der Waals surface area contributed by atoms with Crippen molar-refractivity contribution >= 4 is 0 Å². The highest BCUT2D eigenvalue weighted by Gasteiger charge is 2.32. The van der Waals surface area contributed by atoms with Crippen LogP contribution in [0.15, 0.2) is 24.3 Å². The Balaban J connectivity index is 2.66. The fraction of sp³-hybridized carbons (Fsp3) is 0.538. The van der Waals surface area contributed by atoms with Crippen LogP contribution in [0.4, 0.5) is 13.2 Å². The van der Waals surface area contributed by atoms with E-state index in [4.69, 9.17) is 5.11 Å². The van der Waals surface area contributed by atoms with Gasteiger partial charge in [0.25, 0.3) is 0 Å². The Morgan fingerprint density at radius 3 is 2.44 bits per heavy atom. The van der Waals surface area contributed by atoms with Crippen LogP contribution in [-0.4, -0.2) is 30.2 Å². The molecular formula is C13H18F3NO. The first-order valence-electron chi connectivity index (χ1n) is 5.89. The lowest BCUT2D eigenvalue weighted by Crippen LogP contribution is -2.21. The molecule has 0 aliphatic heterocycles. The van der Waals surface area contributed by atoms with Gasteiger partial charge in [-0.3, -0.25) is 0 Å². The maximum Gasteiger partial charge on any atom is 0.416 e. The zero-order valence-electron chi connectivity index (χ0n) is 10.4. The van der Waals surface area contributed by atoms with Crippen LogP contribution in [-0.2, 0) is 12.7 Å². The van der Waals surface area contributed by atoms with E-state index in [1.165, 1.54) is 12.1 Å². The molecule has 0 saturated heterocycles. The molecule has 5 heteroatoms. The number of nitrogens with zero attached hydrogens (tertiary/aromatic N) is 1. The van der Waals surface area contributed by atoms with E-state index in [1.54, 1.807) is 13.1 Å². The van der Waals surface area contributed by atoms with E-state index >= 15 is 0 Å². The highest BCUT2D eigenvalue weighted by Crippen LogP contribution is 2.32. The molecule has 0 atom stereocenters. The van der Waals surface area contributed by atoms with Gasteiger partial charge in [0.1, 0.15) is 0 Å². The standard InChI is InChI=1S/C13H18F3NO/c1-17(8-4-5-9-18)10-11-6-2-3-7-12(11)13(14,15)16/h2-3,6-7,18H,4-5,8-10H2,1H3. The molecule has 102 valence electrons. The number of rotatable bonds is 6. The topological polar surface area (TPSA) is 23.5 Å². The molecule has 2 nitrogen and oxygen atoms in total. The molecular weight excluding hydrogens is 243 g/mol. The van der Waals surface area contributed by atoms with Crippen LogP contribution in [0.5, 0.6) is 0 Å². The second kappa shape index (κ2) is 6.75. The van der Waals surface area contributed by atoms with Crippen molar-refractivity contribution in [3.05, 3.63) is 35.4 Å². The summed E-state index contributed by atoms with van der Waals surface area (Å²) in [6.07, 6.45) is -2.85. The minimum absolute atomic E-state index is 0.118. The van der Waals surface area contributed by atoms with Gasteiger partial charge in [0.2, 0.25) is 0 Å². The van der Waals surface area contributed by atoms with E-state index in [-0.39, 0.29) is 18.7 Å². The number of unbranched alkanes of at least 4 members (excludes halogenated alkanes) is 1. The molecule has 1 aromatic carbocycles. The molecule has 0 aliphatic carbocycles. The third-order valence-corrected chi connectivity index (χ3v) is 2.71. The Labute approximate surface area is 105 Å². The van der Waals surface area contributed by atoms with E-state index < -0.39 is 11.7 Å². The maximum absolute atomic E-state index is 12.8. The van der Waals surface area contributed by atoms with Crippen molar-refractivity contribution in [1.82, 2.24) is 4.90 Å². The van der Waals surface area contributed by atoms with Crippen molar-refractivity contribution < 1.29 is 18.3 Å². The maximum atomic E-state index is 12.8. The summed E-state index contributed by atoms with van der Waals surface area (Å²) in [5, 5.41) is 8.65. The number of benzene rings is 1. The molecule has 0 aromatic heterocycles. The van der Waals surface area contributed by atoms with Crippen molar-refractivity contribution in [2.45, 2.75) is 25.6 Å². The number of hydrogen-bond acceptors (Lipinski definition) is 2. The average molecular weight is 261 g/mol. The summed E-state index contributed by atoms with van der Waals surface area (Å²) in [5.74, 6) is 0. The number of hydrogen-bond donors (Lipinski definition) is 1. The van der Waals surface area contributed by atoms with E-state index in [1.807, 2.05) is 4.90 Å². The van der Waals surface area contributed by atoms with Crippen molar-refractivity contribution in [2.75, 3.05) is 20.2 Å². The highest BCUT2D eigenvalue weighted by molar-refractivity contribution is 5.29. The van der Waals surface area contributed by atoms with Crippen molar-refractivity contribution in [3.8, 4) is 0 Å². The van der Waals surface area contributed by atoms with Gasteiger partial charge in [0, 0.05) is 13.2 Å². The molecule has 0 amide bonds. The van der Waals surface area contributed by atoms with E-state index in [9.17, 15) is 13.2 Å². The molecule has 18 heavy (non-hydrogen) atoms. The normalized spacial score (nSPS) is 12.1. The summed E-state index contributed by atoms with van der Waals surface area (Å²) in [5.41, 5.74) is -0.282. The van der Waals surface area contributed by atoms with Crippen LogP contribution in [0.3, 0.4) is 0 Å². The molecule has 0 unspecified atom stereocenters. The van der Waals surface area contributed by atoms with Gasteiger partial charge in [0.15, 0.2) is 0 Å². The Morgan fingerprint density at radius 1 is 1.17 bits per heavy atom. The predicted octanol–water partition coefficient (Wildman–Crippen LogP) is 2.91. The van der Waals surface area contributed by atoms with Crippen LogP contribution in [0.2, 0.25) is 0 Å². The zero-order valence-corrected chi connectivity index (χ0v) is 10.4. The Kier molecular flexibility index (Phi) is 5.62. The van der Waals surface area contributed by atoms with Gasteiger partial charge in [-0.15, -0.1) is 0 Å². The summed E-state index contributed by atoms with van der Waals surface area (Å²) >= 11 is 0. The fourth-order valence-electron chi connectivity index (χ4n) is 1.80. The Hall–Kier alpha value is -1.07. The number of alkyl halides is 3. The highest BCUT2D eigenvalue weighted by atomic mass is 19.4. The lowest BCUT2D eigenvalue weighted by Gasteiger charge is -2.19. The minimum atomic E-state index is -4.30. The van der Waals surface area contributed by atoms with Crippen LogP contribution >= 0.6 is 0 Å². The van der Waals surface area contributed by atoms with E-state index in [0.29, 0.717) is 13.0 Å². The van der Waals surface area contributed by atoms with Crippen LogP contribution < -0.4 is 0 Å². The molecule has 1 N–H and O–H groups in total. The first-order chi connectivity index (χ1) is 8.45. The van der Waals surface area contributed by atoms with Crippen molar-refractivity contribution in [3.63, 3.8) is 0 Å². The van der Waals surface area contributed by atoms with Crippen molar-refractivity contribution in [1.29, 1.82) is 0 Å². The number of aliphatic hydroxyl groups is 1. The molecule has 0 fully saturated rings. The second-order valence-electron chi connectivity index (χ2n) is 4.32. The van der Waals surface area contributed by atoms with E-state index in [2.05, 4.69) is 0 Å². The van der Waals surface area contributed by atoms with Gasteiger partial charge in [-0.1, -0.05) is 18.2 Å². The molecule has 0 spiro atoms. The fourth-order valence-corrected chi connectivity index (χ4v) is 1.80. The second-order valence-corrected chi connectivity index (χ2v) is 4.32. The lowest BCUT2D eigenvalue weighted by atomic mass is 10.1. The Bertz CT molecular complexity index is 365. The molecule has 0 saturated carbocycles. The van der Waals surface area contributed by atoms with Gasteiger partial charge in [0.05, 0.1) is 5.56 Å². The third-order valence-electron chi connectivity index (χ3n) is 2.71. The van der Waals surface area contributed by atoms with Crippen LogP contribution in [0, 0.1) is 0 Å². The molecule has 0 bridgehead atoms. The summed E-state index contributed by atoms with van der Waals surface area (Å²) in [6.45, 7) is 1.06. The smallest absolute Gasteiger partial charge is 0.396 e. The Morgan fingerprint density at radius 2 is 1.83 bits per heavy atom. The molecule has 0 heterocycles. The van der Waals surface area contributed by atoms with Crippen molar-refractivity contribution in [2.24, 2.45) is 0 Å². The molecule has 0 radical (unpaired) electrons. The van der Waals surface area contributed by atoms with E-state index in [0.717, 1.165) is 12.5 Å². The minimum Gasteiger partial charge on any atom is -0.396 e. The quantitative estimate of drug-likeness (QED) is 0.796. The van der Waals surface area contributed by atoms with Gasteiger partial charge >= 0.3 is 6.18 Å².